The van der Waals surface area contributed by atoms with Crippen LogP contribution in [0.25, 0.3) is 0 Å². The molecule has 0 bridgehead atoms. The molecule has 0 unspecified atom stereocenters. The van der Waals surface area contributed by atoms with Gasteiger partial charge in [0.2, 0.25) is 5.91 Å². The lowest BCUT2D eigenvalue weighted by Gasteiger charge is -2.18. The molecule has 0 atom stereocenters. The minimum Gasteiger partial charge on any atom is -0.495 e. The van der Waals surface area contributed by atoms with Gasteiger partial charge in [0.05, 0.1) is 12.8 Å². The Kier molecular flexibility index (Phi) is 1.93. The summed E-state index contributed by atoms with van der Waals surface area (Å²) in [6.45, 7) is 0. The Morgan fingerprint density at radius 2 is 2.31 bits per heavy atom. The van der Waals surface area contributed by atoms with Crippen molar-refractivity contribution in [2.45, 2.75) is 12.8 Å². The largest absolute Gasteiger partial charge is 0.495 e. The molecule has 0 aliphatic carbocycles. The maximum absolute atomic E-state index is 11.1. The first-order chi connectivity index (χ1) is 6.31. The van der Waals surface area contributed by atoms with Gasteiger partial charge in [0, 0.05) is 6.42 Å². The third kappa shape index (κ3) is 1.37. The van der Waals surface area contributed by atoms with Crippen LogP contribution in [0.5, 0.6) is 5.75 Å². The third-order valence-corrected chi connectivity index (χ3v) is 2.15. The van der Waals surface area contributed by atoms with E-state index in [0.29, 0.717) is 12.2 Å². The zero-order chi connectivity index (χ0) is 9.26. The summed E-state index contributed by atoms with van der Waals surface area (Å²) < 4.78 is 5.11. The molecule has 1 heterocycles. The molecule has 1 amide bonds. The Morgan fingerprint density at radius 1 is 1.46 bits per heavy atom. The van der Waals surface area contributed by atoms with E-state index in [2.05, 4.69) is 11.4 Å². The summed E-state index contributed by atoms with van der Waals surface area (Å²) >= 11 is 0. The van der Waals surface area contributed by atoms with Crippen molar-refractivity contribution >= 4 is 11.6 Å². The quantitative estimate of drug-likeness (QED) is 0.702. The Bertz CT molecular complexity index is 333. The third-order valence-electron chi connectivity index (χ3n) is 2.15. The molecule has 0 saturated heterocycles. The van der Waals surface area contributed by atoms with Crippen molar-refractivity contribution < 1.29 is 9.53 Å². The van der Waals surface area contributed by atoms with Crippen LogP contribution in [0.4, 0.5) is 5.69 Å². The van der Waals surface area contributed by atoms with Gasteiger partial charge in [0.15, 0.2) is 0 Å². The van der Waals surface area contributed by atoms with Crippen LogP contribution >= 0.6 is 0 Å². The standard InChI is InChI=1S/C10H10NO2/c1-13-8-4-2-3-7-5-6-9(12)11-10(7)8/h3-4H,5-6H2,1H3,(H,11,12). The van der Waals surface area contributed by atoms with Crippen LogP contribution in [0.15, 0.2) is 12.1 Å². The van der Waals surface area contributed by atoms with Crippen LogP contribution in [-0.4, -0.2) is 13.0 Å². The van der Waals surface area contributed by atoms with Gasteiger partial charge in [-0.1, -0.05) is 0 Å². The summed E-state index contributed by atoms with van der Waals surface area (Å²) in [5.74, 6) is 0.738. The highest BCUT2D eigenvalue weighted by Gasteiger charge is 2.17. The number of rotatable bonds is 1. The molecule has 1 aromatic carbocycles. The van der Waals surface area contributed by atoms with E-state index in [0.717, 1.165) is 17.7 Å². The lowest BCUT2D eigenvalue weighted by molar-refractivity contribution is -0.116. The number of fused-ring (bicyclic) bond motifs is 1. The molecule has 1 aliphatic heterocycles. The summed E-state index contributed by atoms with van der Waals surface area (Å²) in [4.78, 5) is 11.1. The fourth-order valence-electron chi connectivity index (χ4n) is 1.47. The highest BCUT2D eigenvalue weighted by atomic mass is 16.5. The van der Waals surface area contributed by atoms with Crippen molar-refractivity contribution in [3.8, 4) is 5.75 Å². The number of anilines is 1. The van der Waals surface area contributed by atoms with Gasteiger partial charge in [0.1, 0.15) is 5.75 Å². The van der Waals surface area contributed by atoms with E-state index in [9.17, 15) is 4.79 Å². The molecule has 2 rings (SSSR count). The molecule has 0 aromatic heterocycles. The number of benzene rings is 1. The maximum atomic E-state index is 11.1. The number of amides is 1. The van der Waals surface area contributed by atoms with Gasteiger partial charge in [-0.2, -0.15) is 0 Å². The molecule has 3 nitrogen and oxygen atoms in total. The first-order valence-corrected chi connectivity index (χ1v) is 4.18. The van der Waals surface area contributed by atoms with Gasteiger partial charge in [-0.15, -0.1) is 0 Å². The van der Waals surface area contributed by atoms with Gasteiger partial charge >= 0.3 is 0 Å². The highest BCUT2D eigenvalue weighted by molar-refractivity contribution is 5.95. The minimum absolute atomic E-state index is 0.0528. The van der Waals surface area contributed by atoms with Gasteiger partial charge in [0.25, 0.3) is 0 Å². The molecule has 1 radical (unpaired) electrons. The van der Waals surface area contributed by atoms with Crippen molar-refractivity contribution in [1.29, 1.82) is 0 Å². The molecular weight excluding hydrogens is 166 g/mol. The maximum Gasteiger partial charge on any atom is 0.224 e. The highest BCUT2D eigenvalue weighted by Crippen LogP contribution is 2.31. The molecular formula is C10H10NO2. The molecule has 1 aromatic rings. The van der Waals surface area contributed by atoms with Crippen molar-refractivity contribution in [2.24, 2.45) is 0 Å². The van der Waals surface area contributed by atoms with E-state index in [-0.39, 0.29) is 5.91 Å². The van der Waals surface area contributed by atoms with E-state index >= 15 is 0 Å². The van der Waals surface area contributed by atoms with Crippen molar-refractivity contribution in [1.82, 2.24) is 0 Å². The van der Waals surface area contributed by atoms with E-state index in [1.807, 2.05) is 6.07 Å². The summed E-state index contributed by atoms with van der Waals surface area (Å²) in [6.07, 6.45) is 1.32. The van der Waals surface area contributed by atoms with Crippen LogP contribution in [0.2, 0.25) is 0 Å². The Hall–Kier alpha value is -1.51. The smallest absolute Gasteiger partial charge is 0.224 e. The Labute approximate surface area is 76.7 Å². The molecule has 13 heavy (non-hydrogen) atoms. The monoisotopic (exact) mass is 176 g/mol. The SMILES string of the molecule is COc1c[c]cc2c1NC(=O)CC2. The molecule has 1 N–H and O–H groups in total. The van der Waals surface area contributed by atoms with Crippen LogP contribution in [0, 0.1) is 6.07 Å². The van der Waals surface area contributed by atoms with Gasteiger partial charge in [-0.25, -0.2) is 0 Å². The van der Waals surface area contributed by atoms with E-state index in [1.54, 1.807) is 13.2 Å². The molecule has 0 saturated carbocycles. The molecule has 0 spiro atoms. The molecule has 67 valence electrons. The summed E-state index contributed by atoms with van der Waals surface area (Å²) in [5, 5.41) is 2.80. The lowest BCUT2D eigenvalue weighted by Crippen LogP contribution is -2.19. The van der Waals surface area contributed by atoms with Crippen LogP contribution in [0.1, 0.15) is 12.0 Å². The predicted octanol–water partition coefficient (Wildman–Crippen LogP) is 1.38. The van der Waals surface area contributed by atoms with E-state index < -0.39 is 0 Å². The summed E-state index contributed by atoms with van der Waals surface area (Å²) in [5.41, 5.74) is 1.90. The predicted molar refractivity (Wildman–Crippen MR) is 48.8 cm³/mol. The normalized spacial score (nSPS) is 14.7. The topological polar surface area (TPSA) is 38.3 Å². The van der Waals surface area contributed by atoms with Gasteiger partial charge in [-0.05, 0) is 30.2 Å². The van der Waals surface area contributed by atoms with E-state index in [4.69, 9.17) is 4.74 Å². The molecule has 1 aliphatic rings. The Balaban J connectivity index is 2.46. The number of hydrogen-bond acceptors (Lipinski definition) is 2. The first-order valence-electron chi connectivity index (χ1n) is 4.18. The Morgan fingerprint density at radius 3 is 3.08 bits per heavy atom. The molecule has 0 fully saturated rings. The summed E-state index contributed by atoms with van der Waals surface area (Å²) in [7, 11) is 1.59. The van der Waals surface area contributed by atoms with Crippen molar-refractivity contribution in [3.63, 3.8) is 0 Å². The van der Waals surface area contributed by atoms with Gasteiger partial charge in [-0.3, -0.25) is 4.79 Å². The zero-order valence-electron chi connectivity index (χ0n) is 7.39. The number of carbonyl (C=O) groups is 1. The second kappa shape index (κ2) is 3.09. The summed E-state index contributed by atoms with van der Waals surface area (Å²) in [6, 6.07) is 6.59. The average molecular weight is 176 g/mol. The number of ether oxygens (including phenoxy) is 1. The fourth-order valence-corrected chi connectivity index (χ4v) is 1.47. The fraction of sp³-hybridized carbons (Fsp3) is 0.300. The second-order valence-corrected chi connectivity index (χ2v) is 2.97. The van der Waals surface area contributed by atoms with E-state index in [1.165, 1.54) is 0 Å². The average Bonchev–Trinajstić information content (AvgIpc) is 2.17. The number of aryl methyl sites for hydroxylation is 1. The zero-order valence-corrected chi connectivity index (χ0v) is 7.39. The first kappa shape index (κ1) is 8.10. The lowest BCUT2D eigenvalue weighted by atomic mass is 10.0. The van der Waals surface area contributed by atoms with Gasteiger partial charge < -0.3 is 10.1 Å². The number of carbonyl (C=O) groups excluding carboxylic acids is 1. The second-order valence-electron chi connectivity index (χ2n) is 2.97. The van der Waals surface area contributed by atoms with Crippen LogP contribution in [-0.2, 0) is 11.2 Å². The minimum atomic E-state index is 0.0528. The number of methoxy groups -OCH3 is 1. The molecule has 3 heteroatoms. The van der Waals surface area contributed by atoms with Crippen molar-refractivity contribution in [3.05, 3.63) is 23.8 Å². The number of nitrogens with one attached hydrogen (secondary N) is 1. The number of hydrogen-bond donors (Lipinski definition) is 1. The van der Waals surface area contributed by atoms with Crippen LogP contribution in [0.3, 0.4) is 0 Å². The van der Waals surface area contributed by atoms with Crippen LogP contribution < -0.4 is 10.1 Å². The van der Waals surface area contributed by atoms with Crippen molar-refractivity contribution in [2.75, 3.05) is 12.4 Å².